The molecule has 1 aromatic carbocycles. The summed E-state index contributed by atoms with van der Waals surface area (Å²) >= 11 is 5.19. The van der Waals surface area contributed by atoms with Gasteiger partial charge in [-0.2, -0.15) is 11.8 Å². The highest BCUT2D eigenvalue weighted by atomic mass is 79.9. The van der Waals surface area contributed by atoms with Crippen LogP contribution in [0.2, 0.25) is 0 Å². The first-order valence-corrected chi connectivity index (χ1v) is 8.41. The van der Waals surface area contributed by atoms with Gasteiger partial charge < -0.3 is 5.73 Å². The molecular weight excluding hydrogens is 327 g/mol. The lowest BCUT2D eigenvalue weighted by molar-refractivity contribution is 0.150. The van der Waals surface area contributed by atoms with Crippen LogP contribution in [0.25, 0.3) is 0 Å². The van der Waals surface area contributed by atoms with Gasteiger partial charge in [-0.15, -0.1) is 0 Å². The Bertz CT molecular complexity index is 443. The number of rotatable bonds is 3. The number of hydrogen-bond donors (Lipinski definition) is 1. The molecule has 0 amide bonds. The number of thioether (sulfide) groups is 1. The van der Waals surface area contributed by atoms with Crippen LogP contribution in [0.3, 0.4) is 0 Å². The summed E-state index contributed by atoms with van der Waals surface area (Å²) in [5.41, 5.74) is 6.92. The minimum absolute atomic E-state index is 0.0981. The minimum atomic E-state index is -0.219. The van der Waals surface area contributed by atoms with Gasteiger partial charge in [0, 0.05) is 36.2 Å². The fraction of sp³-hybridized carbons (Fsp3) is 0.571. The Morgan fingerprint density at radius 1 is 1.53 bits per heavy atom. The molecule has 3 unspecified atom stereocenters. The minimum Gasteiger partial charge on any atom is -0.329 e. The lowest BCUT2D eigenvalue weighted by Gasteiger charge is -2.42. The van der Waals surface area contributed by atoms with E-state index < -0.39 is 0 Å². The molecule has 2 N–H and O–H groups in total. The third-order valence-corrected chi connectivity index (χ3v) is 5.87. The zero-order valence-electron chi connectivity index (χ0n) is 11.3. The van der Waals surface area contributed by atoms with E-state index in [9.17, 15) is 4.39 Å². The molecule has 1 saturated heterocycles. The monoisotopic (exact) mass is 346 g/mol. The lowest BCUT2D eigenvalue weighted by atomic mass is 10.0. The van der Waals surface area contributed by atoms with Crippen LogP contribution >= 0.6 is 27.7 Å². The van der Waals surface area contributed by atoms with Crippen molar-refractivity contribution in [2.75, 3.05) is 18.8 Å². The van der Waals surface area contributed by atoms with Gasteiger partial charge in [-0.25, -0.2) is 4.39 Å². The molecule has 0 radical (unpaired) electrons. The third kappa shape index (κ3) is 3.32. The quantitative estimate of drug-likeness (QED) is 0.909. The second kappa shape index (κ2) is 6.57. The summed E-state index contributed by atoms with van der Waals surface area (Å²) in [7, 11) is 0. The molecule has 0 spiro atoms. The second-order valence-electron chi connectivity index (χ2n) is 4.98. The molecule has 1 heterocycles. The number of nitrogens with zero attached hydrogens (tertiary/aromatic N) is 1. The van der Waals surface area contributed by atoms with E-state index in [2.05, 4.69) is 34.7 Å². The molecule has 3 atom stereocenters. The number of halogens is 2. The van der Waals surface area contributed by atoms with Crippen LogP contribution < -0.4 is 5.73 Å². The Hall–Kier alpha value is -0.100. The molecule has 0 aliphatic carbocycles. The van der Waals surface area contributed by atoms with E-state index in [-0.39, 0.29) is 11.9 Å². The molecule has 1 aliphatic rings. The number of benzene rings is 1. The van der Waals surface area contributed by atoms with Crippen molar-refractivity contribution in [2.24, 2.45) is 5.73 Å². The van der Waals surface area contributed by atoms with Gasteiger partial charge in [-0.1, -0.05) is 13.0 Å². The van der Waals surface area contributed by atoms with Crippen molar-refractivity contribution in [2.45, 2.75) is 31.2 Å². The van der Waals surface area contributed by atoms with Gasteiger partial charge in [-0.3, -0.25) is 4.90 Å². The predicted octanol–water partition coefficient (Wildman–Crippen LogP) is 3.41. The second-order valence-corrected chi connectivity index (χ2v) is 7.32. The Balaban J connectivity index is 2.25. The largest absolute Gasteiger partial charge is 0.329 e. The molecule has 2 rings (SSSR count). The van der Waals surface area contributed by atoms with Crippen molar-refractivity contribution in [3.8, 4) is 0 Å². The Labute approximate surface area is 127 Å². The molecule has 0 saturated carbocycles. The van der Waals surface area contributed by atoms with E-state index in [1.54, 1.807) is 12.1 Å². The van der Waals surface area contributed by atoms with Crippen LogP contribution in [0.15, 0.2) is 22.7 Å². The molecule has 1 aromatic rings. The summed E-state index contributed by atoms with van der Waals surface area (Å²) < 4.78 is 14.2. The smallest absolute Gasteiger partial charge is 0.137 e. The maximum Gasteiger partial charge on any atom is 0.137 e. The molecule has 19 heavy (non-hydrogen) atoms. The fourth-order valence-electron chi connectivity index (χ4n) is 2.58. The SMILES string of the molecule is CC1SCCN(C(CN)c2ccc(Br)c(F)c2)C1C. The van der Waals surface area contributed by atoms with Gasteiger partial charge in [0.25, 0.3) is 0 Å². The van der Waals surface area contributed by atoms with Gasteiger partial charge >= 0.3 is 0 Å². The first-order chi connectivity index (χ1) is 9.04. The molecule has 1 fully saturated rings. The summed E-state index contributed by atoms with van der Waals surface area (Å²) in [5.74, 6) is 0.893. The third-order valence-electron chi connectivity index (χ3n) is 3.88. The van der Waals surface area contributed by atoms with Crippen molar-refractivity contribution in [3.05, 3.63) is 34.1 Å². The Morgan fingerprint density at radius 2 is 2.26 bits per heavy atom. The summed E-state index contributed by atoms with van der Waals surface area (Å²) in [6, 6.07) is 5.88. The van der Waals surface area contributed by atoms with E-state index in [1.165, 1.54) is 0 Å². The standard InChI is InChI=1S/C14H20BrFN2S/c1-9-10(2)19-6-5-18(9)14(8-17)11-3-4-12(15)13(16)7-11/h3-4,7,9-10,14H,5-6,8,17H2,1-2H3. The first kappa shape index (κ1) is 15.3. The van der Waals surface area contributed by atoms with Gasteiger partial charge in [0.2, 0.25) is 0 Å². The lowest BCUT2D eigenvalue weighted by Crippen LogP contribution is -2.48. The molecule has 106 valence electrons. The van der Waals surface area contributed by atoms with E-state index in [1.807, 2.05) is 17.8 Å². The maximum absolute atomic E-state index is 13.7. The molecule has 2 nitrogen and oxygen atoms in total. The van der Waals surface area contributed by atoms with Gasteiger partial charge in [-0.05, 0) is 40.5 Å². The first-order valence-electron chi connectivity index (χ1n) is 6.57. The normalized spacial score (nSPS) is 26.4. The average Bonchev–Trinajstić information content (AvgIpc) is 2.39. The van der Waals surface area contributed by atoms with E-state index in [4.69, 9.17) is 5.73 Å². The molecule has 1 aliphatic heterocycles. The highest BCUT2D eigenvalue weighted by Crippen LogP contribution is 2.32. The van der Waals surface area contributed by atoms with Gasteiger partial charge in [0.15, 0.2) is 0 Å². The van der Waals surface area contributed by atoms with Crippen LogP contribution in [0.5, 0.6) is 0 Å². The summed E-state index contributed by atoms with van der Waals surface area (Å²) in [5, 5.41) is 0.586. The zero-order valence-corrected chi connectivity index (χ0v) is 13.7. The van der Waals surface area contributed by atoms with Crippen LogP contribution in [0.1, 0.15) is 25.5 Å². The summed E-state index contributed by atoms with van der Waals surface area (Å²) in [6.45, 7) is 6.00. The van der Waals surface area contributed by atoms with Crippen molar-refractivity contribution < 1.29 is 4.39 Å². The van der Waals surface area contributed by atoms with Gasteiger partial charge in [0.1, 0.15) is 5.82 Å². The van der Waals surface area contributed by atoms with E-state index in [0.29, 0.717) is 22.3 Å². The van der Waals surface area contributed by atoms with E-state index in [0.717, 1.165) is 17.9 Å². The highest BCUT2D eigenvalue weighted by molar-refractivity contribution is 9.10. The molecule has 5 heteroatoms. The van der Waals surface area contributed by atoms with Crippen LogP contribution in [0.4, 0.5) is 4.39 Å². The predicted molar refractivity (Wildman–Crippen MR) is 84.0 cm³/mol. The fourth-order valence-corrected chi connectivity index (χ4v) is 3.95. The number of nitrogens with two attached hydrogens (primary N) is 1. The molecule has 0 aromatic heterocycles. The van der Waals surface area contributed by atoms with Crippen molar-refractivity contribution in [1.29, 1.82) is 0 Å². The zero-order chi connectivity index (χ0) is 14.0. The van der Waals surface area contributed by atoms with Crippen LogP contribution in [-0.4, -0.2) is 35.0 Å². The maximum atomic E-state index is 13.7. The molecule has 0 bridgehead atoms. The number of hydrogen-bond acceptors (Lipinski definition) is 3. The summed E-state index contributed by atoms with van der Waals surface area (Å²) in [6.07, 6.45) is 0. The van der Waals surface area contributed by atoms with Crippen molar-refractivity contribution >= 4 is 27.7 Å². The summed E-state index contributed by atoms with van der Waals surface area (Å²) in [4.78, 5) is 2.41. The highest BCUT2D eigenvalue weighted by Gasteiger charge is 2.31. The van der Waals surface area contributed by atoms with Crippen LogP contribution in [-0.2, 0) is 0 Å². The van der Waals surface area contributed by atoms with Crippen molar-refractivity contribution in [3.63, 3.8) is 0 Å². The molecular formula is C14H20BrFN2S. The average molecular weight is 347 g/mol. The van der Waals surface area contributed by atoms with Crippen molar-refractivity contribution in [1.82, 2.24) is 4.90 Å². The topological polar surface area (TPSA) is 29.3 Å². The van der Waals surface area contributed by atoms with Gasteiger partial charge in [0.05, 0.1) is 4.47 Å². The Morgan fingerprint density at radius 3 is 2.89 bits per heavy atom. The van der Waals surface area contributed by atoms with Crippen LogP contribution in [0, 0.1) is 5.82 Å². The Kier molecular flexibility index (Phi) is 5.29. The van der Waals surface area contributed by atoms with E-state index >= 15 is 0 Å².